The third kappa shape index (κ3) is 5.78. The maximum atomic E-state index is 13.1. The van der Waals surface area contributed by atoms with Crippen LogP contribution in [0.4, 0.5) is 23.8 Å². The van der Waals surface area contributed by atoms with Gasteiger partial charge in [0.2, 0.25) is 0 Å². The molecule has 1 fully saturated rings. The van der Waals surface area contributed by atoms with Crippen molar-refractivity contribution in [2.45, 2.75) is 37.4 Å². The van der Waals surface area contributed by atoms with Crippen LogP contribution in [-0.2, 0) is 27.9 Å². The van der Waals surface area contributed by atoms with Crippen LogP contribution < -0.4 is 13.8 Å². The Labute approximate surface area is 233 Å². The van der Waals surface area contributed by atoms with E-state index in [0.29, 0.717) is 24.2 Å². The molecule has 216 valence electrons. The molecule has 0 N–H and O–H groups in total. The molecule has 0 aliphatic carbocycles. The van der Waals surface area contributed by atoms with E-state index in [4.69, 9.17) is 9.47 Å². The molecule has 41 heavy (non-hydrogen) atoms. The van der Waals surface area contributed by atoms with Crippen LogP contribution in [0, 0.1) is 11.3 Å². The fraction of sp³-hybridized carbons (Fsp3) is 0.385. The molecule has 2 aliphatic rings. The Morgan fingerprint density at radius 1 is 1.20 bits per heavy atom. The molecule has 11 nitrogen and oxygen atoms in total. The number of benzene rings is 2. The Bertz CT molecular complexity index is 1600. The SMILES string of the molecule is N#CC[C@H]1CN(c2ncnc3cc(OS(=O)(=O)C(F)(F)F)c4c(c23)OCCC4)CCN1C(=O)OCc1ccccc1. The van der Waals surface area contributed by atoms with Crippen molar-refractivity contribution in [1.29, 1.82) is 5.26 Å². The van der Waals surface area contributed by atoms with E-state index < -0.39 is 33.5 Å². The highest BCUT2D eigenvalue weighted by Crippen LogP contribution is 2.44. The summed E-state index contributed by atoms with van der Waals surface area (Å²) in [5, 5.41) is 9.83. The Kier molecular flexibility index (Phi) is 7.76. The van der Waals surface area contributed by atoms with E-state index >= 15 is 0 Å². The summed E-state index contributed by atoms with van der Waals surface area (Å²) >= 11 is 0. The van der Waals surface area contributed by atoms with Crippen LogP contribution in [-0.4, -0.2) is 67.2 Å². The second-order valence-electron chi connectivity index (χ2n) is 9.40. The van der Waals surface area contributed by atoms with Gasteiger partial charge in [-0.05, 0) is 18.4 Å². The number of hydrogen-bond acceptors (Lipinski definition) is 10. The summed E-state index contributed by atoms with van der Waals surface area (Å²) in [6, 6.07) is 11.9. The van der Waals surface area contributed by atoms with Crippen LogP contribution in [0.25, 0.3) is 10.9 Å². The Hall–Kier alpha value is -4.32. The lowest BCUT2D eigenvalue weighted by atomic mass is 10.0. The zero-order valence-corrected chi connectivity index (χ0v) is 22.3. The molecule has 15 heteroatoms. The minimum absolute atomic E-state index is 0.0157. The van der Waals surface area contributed by atoms with Gasteiger partial charge < -0.3 is 23.5 Å². The number of fused-ring (bicyclic) bond motifs is 3. The van der Waals surface area contributed by atoms with Gasteiger partial charge in [-0.1, -0.05) is 30.3 Å². The number of rotatable bonds is 6. The lowest BCUT2D eigenvalue weighted by Gasteiger charge is -2.40. The lowest BCUT2D eigenvalue weighted by molar-refractivity contribution is -0.0500. The zero-order chi connectivity index (χ0) is 29.2. The van der Waals surface area contributed by atoms with Crippen LogP contribution in [0.2, 0.25) is 0 Å². The molecule has 1 atom stereocenters. The molecule has 1 aromatic heterocycles. The molecular formula is C26H24F3N5O6S. The third-order valence-corrected chi connectivity index (χ3v) is 7.74. The largest absolute Gasteiger partial charge is 0.534 e. The molecule has 0 radical (unpaired) electrons. The van der Waals surface area contributed by atoms with Crippen molar-refractivity contribution in [2.24, 2.45) is 0 Å². The predicted molar refractivity (Wildman–Crippen MR) is 139 cm³/mol. The molecule has 1 amide bonds. The van der Waals surface area contributed by atoms with Gasteiger partial charge in [-0.3, -0.25) is 0 Å². The number of aromatic nitrogens is 2. The Morgan fingerprint density at radius 3 is 2.71 bits per heavy atom. The number of amides is 1. The zero-order valence-electron chi connectivity index (χ0n) is 21.5. The van der Waals surface area contributed by atoms with Crippen molar-refractivity contribution in [1.82, 2.24) is 14.9 Å². The normalized spacial score (nSPS) is 17.4. The van der Waals surface area contributed by atoms with Gasteiger partial charge in [-0.2, -0.15) is 26.9 Å². The highest BCUT2D eigenvalue weighted by atomic mass is 32.2. The second-order valence-corrected chi connectivity index (χ2v) is 10.9. The molecule has 5 rings (SSSR count). The van der Waals surface area contributed by atoms with Gasteiger partial charge in [0, 0.05) is 31.3 Å². The summed E-state index contributed by atoms with van der Waals surface area (Å²) < 4.78 is 78.5. The highest BCUT2D eigenvalue weighted by Gasteiger charge is 2.49. The van der Waals surface area contributed by atoms with Crippen LogP contribution in [0.1, 0.15) is 24.0 Å². The number of halogens is 3. The van der Waals surface area contributed by atoms with Gasteiger partial charge in [-0.25, -0.2) is 14.8 Å². The highest BCUT2D eigenvalue weighted by molar-refractivity contribution is 7.88. The van der Waals surface area contributed by atoms with Crippen molar-refractivity contribution in [2.75, 3.05) is 31.1 Å². The number of ether oxygens (including phenoxy) is 2. The quantitative estimate of drug-likeness (QED) is 0.307. The van der Waals surface area contributed by atoms with Crippen LogP contribution in [0.3, 0.4) is 0 Å². The predicted octanol–water partition coefficient (Wildman–Crippen LogP) is 3.92. The second kappa shape index (κ2) is 11.3. The Balaban J connectivity index is 1.44. The van der Waals surface area contributed by atoms with Gasteiger partial charge in [-0.15, -0.1) is 0 Å². The molecule has 0 bridgehead atoms. The van der Waals surface area contributed by atoms with Gasteiger partial charge >= 0.3 is 21.7 Å². The molecule has 1 saturated heterocycles. The molecule has 0 unspecified atom stereocenters. The molecular weight excluding hydrogens is 567 g/mol. The van der Waals surface area contributed by atoms with Gasteiger partial charge in [0.05, 0.1) is 36.0 Å². The van der Waals surface area contributed by atoms with Gasteiger partial charge in [0.1, 0.15) is 24.5 Å². The lowest BCUT2D eigenvalue weighted by Crippen LogP contribution is -2.55. The van der Waals surface area contributed by atoms with Crippen molar-refractivity contribution >= 4 is 32.9 Å². The van der Waals surface area contributed by atoms with E-state index in [1.54, 1.807) is 0 Å². The number of anilines is 1. The average Bonchev–Trinajstić information content (AvgIpc) is 2.95. The van der Waals surface area contributed by atoms with E-state index in [0.717, 1.165) is 11.6 Å². The minimum Gasteiger partial charge on any atom is -0.492 e. The van der Waals surface area contributed by atoms with E-state index in [1.807, 2.05) is 35.2 Å². The molecule has 0 spiro atoms. The monoisotopic (exact) mass is 591 g/mol. The summed E-state index contributed by atoms with van der Waals surface area (Å²) in [6.45, 7) is 1.02. The third-order valence-electron chi connectivity index (χ3n) is 6.77. The van der Waals surface area contributed by atoms with Crippen molar-refractivity contribution in [3.8, 4) is 17.6 Å². The topological polar surface area (TPSA) is 135 Å². The number of hydrogen-bond donors (Lipinski definition) is 0. The molecule has 0 saturated carbocycles. The minimum atomic E-state index is -5.92. The van der Waals surface area contributed by atoms with E-state index in [-0.39, 0.29) is 56.0 Å². The van der Waals surface area contributed by atoms with Crippen LogP contribution >= 0.6 is 0 Å². The Morgan fingerprint density at radius 2 is 1.98 bits per heavy atom. The molecule has 3 aromatic rings. The van der Waals surface area contributed by atoms with E-state index in [9.17, 15) is 31.6 Å². The van der Waals surface area contributed by atoms with Crippen molar-refractivity contribution in [3.05, 3.63) is 53.9 Å². The fourth-order valence-corrected chi connectivity index (χ4v) is 5.34. The van der Waals surface area contributed by atoms with Crippen molar-refractivity contribution < 1.29 is 40.0 Å². The molecule has 2 aliphatic heterocycles. The van der Waals surface area contributed by atoms with Crippen LogP contribution in [0.5, 0.6) is 11.5 Å². The average molecular weight is 592 g/mol. The van der Waals surface area contributed by atoms with Gasteiger partial charge in [0.15, 0.2) is 5.75 Å². The van der Waals surface area contributed by atoms with Crippen LogP contribution in [0.15, 0.2) is 42.7 Å². The first kappa shape index (κ1) is 28.2. The maximum Gasteiger partial charge on any atom is 0.534 e. The number of nitrogens with zero attached hydrogens (tertiary/aromatic N) is 5. The molecule has 2 aromatic carbocycles. The first-order valence-corrected chi connectivity index (χ1v) is 14.0. The molecule has 3 heterocycles. The van der Waals surface area contributed by atoms with Crippen molar-refractivity contribution in [3.63, 3.8) is 0 Å². The number of alkyl halides is 3. The summed E-state index contributed by atoms with van der Waals surface area (Å²) in [5.74, 6) is -0.000563. The standard InChI is InChI=1S/C26H24F3N5O6S/c27-26(28,29)41(36,37)40-21-13-20-22(23-19(21)7-4-12-38-23)24(32-16-31-20)33-10-11-34(18(14-33)8-9-30)25(35)39-15-17-5-2-1-3-6-17/h1-3,5-6,13,16,18H,4,7-8,10-12,14-15H2/t18-/m0/s1. The number of carbonyl (C=O) groups is 1. The number of piperazine rings is 1. The maximum absolute atomic E-state index is 13.1. The fourth-order valence-electron chi connectivity index (χ4n) is 4.86. The number of nitriles is 1. The van der Waals surface area contributed by atoms with Gasteiger partial charge in [0.25, 0.3) is 0 Å². The van der Waals surface area contributed by atoms with E-state index in [1.165, 1.54) is 11.2 Å². The number of carbonyl (C=O) groups excluding carboxylic acids is 1. The summed E-state index contributed by atoms with van der Waals surface area (Å²) in [7, 11) is -5.92. The first-order valence-electron chi connectivity index (χ1n) is 12.6. The summed E-state index contributed by atoms with van der Waals surface area (Å²) in [5.41, 5.74) is -4.52. The first-order chi connectivity index (χ1) is 19.6. The summed E-state index contributed by atoms with van der Waals surface area (Å²) in [6.07, 6.45) is 1.28. The smallest absolute Gasteiger partial charge is 0.492 e. The summed E-state index contributed by atoms with van der Waals surface area (Å²) in [4.78, 5) is 24.8. The van der Waals surface area contributed by atoms with E-state index in [2.05, 4.69) is 20.2 Å².